The molecule has 25 heavy (non-hydrogen) atoms. The zero-order valence-electron chi connectivity index (χ0n) is 15.2. The Bertz CT molecular complexity index is 604. The molecule has 5 nitrogen and oxygen atoms in total. The van der Waals surface area contributed by atoms with Crippen LogP contribution in [0.2, 0.25) is 0 Å². The summed E-state index contributed by atoms with van der Waals surface area (Å²) in [4.78, 5) is 19.8. The van der Waals surface area contributed by atoms with Gasteiger partial charge in [0, 0.05) is 24.0 Å². The van der Waals surface area contributed by atoms with Crippen LogP contribution >= 0.6 is 11.3 Å². The smallest absolute Gasteiger partial charge is 0.270 e. The molecule has 4 heterocycles. The topological polar surface area (TPSA) is 57.3 Å². The molecular formula is C19H30N4OS. The monoisotopic (exact) mass is 362 g/mol. The minimum atomic E-state index is -0.00180. The largest absolute Gasteiger partial charge is 0.349 e. The van der Waals surface area contributed by atoms with Crippen LogP contribution in [0.1, 0.15) is 54.5 Å². The lowest BCUT2D eigenvalue weighted by atomic mass is 9.73. The van der Waals surface area contributed by atoms with Gasteiger partial charge in [-0.25, -0.2) is 4.98 Å². The number of amides is 1. The van der Waals surface area contributed by atoms with Crippen molar-refractivity contribution in [3.63, 3.8) is 0 Å². The zero-order valence-corrected chi connectivity index (χ0v) is 16.0. The van der Waals surface area contributed by atoms with Gasteiger partial charge in [0.1, 0.15) is 5.69 Å². The van der Waals surface area contributed by atoms with E-state index in [9.17, 15) is 4.79 Å². The molecule has 3 fully saturated rings. The molecule has 4 atom stereocenters. The van der Waals surface area contributed by atoms with Gasteiger partial charge in [0.05, 0.1) is 5.01 Å². The Morgan fingerprint density at radius 3 is 3.16 bits per heavy atom. The predicted octanol–water partition coefficient (Wildman–Crippen LogP) is 2.29. The van der Waals surface area contributed by atoms with Crippen molar-refractivity contribution in [3.8, 4) is 0 Å². The van der Waals surface area contributed by atoms with Gasteiger partial charge >= 0.3 is 0 Å². The fourth-order valence-corrected chi connectivity index (χ4v) is 5.96. The van der Waals surface area contributed by atoms with E-state index in [1.807, 2.05) is 5.38 Å². The summed E-state index contributed by atoms with van der Waals surface area (Å²) >= 11 is 1.60. The molecule has 2 bridgehead atoms. The first kappa shape index (κ1) is 17.4. The maximum absolute atomic E-state index is 12.5. The highest BCUT2D eigenvalue weighted by Gasteiger charge is 2.45. The lowest BCUT2D eigenvalue weighted by molar-refractivity contribution is -0.0371. The molecule has 0 radical (unpaired) electrons. The Morgan fingerprint density at radius 1 is 1.40 bits per heavy atom. The summed E-state index contributed by atoms with van der Waals surface area (Å²) in [6.07, 6.45) is 7.36. The van der Waals surface area contributed by atoms with Crippen molar-refractivity contribution in [2.75, 3.05) is 26.2 Å². The predicted molar refractivity (Wildman–Crippen MR) is 101 cm³/mol. The third kappa shape index (κ3) is 3.62. The molecule has 1 amide bonds. The van der Waals surface area contributed by atoms with Gasteiger partial charge in [-0.15, -0.1) is 11.3 Å². The summed E-state index contributed by atoms with van der Waals surface area (Å²) in [7, 11) is 0. The fraction of sp³-hybridized carbons (Fsp3) is 0.789. The van der Waals surface area contributed by atoms with E-state index >= 15 is 0 Å². The van der Waals surface area contributed by atoms with Gasteiger partial charge in [0.2, 0.25) is 0 Å². The van der Waals surface area contributed by atoms with Crippen molar-refractivity contribution in [1.29, 1.82) is 0 Å². The Hall–Kier alpha value is -0.980. The van der Waals surface area contributed by atoms with Crippen molar-refractivity contribution in [2.24, 2.45) is 11.8 Å². The number of nitrogens with one attached hydrogen (secondary N) is 2. The summed E-state index contributed by atoms with van der Waals surface area (Å²) in [5, 5.41) is 9.81. The third-order valence-corrected chi connectivity index (χ3v) is 7.15. The van der Waals surface area contributed by atoms with Crippen molar-refractivity contribution >= 4 is 17.2 Å². The standard InChI is InChI=1S/C19H30N4OS/c1-2-5-18-22-15(12-25-18)19(24)21-11-17-14-8-13(9-20-10-14)16-6-3-4-7-23(16)17/h12-14,16-17,20H,2-11H2,1H3,(H,21,24)/t13-,14+,16+,17+/m1/s1. The van der Waals surface area contributed by atoms with E-state index in [1.54, 1.807) is 11.3 Å². The summed E-state index contributed by atoms with van der Waals surface area (Å²) in [5.41, 5.74) is 0.596. The Morgan fingerprint density at radius 2 is 2.28 bits per heavy atom. The Labute approximate surface area is 154 Å². The van der Waals surface area contributed by atoms with Gasteiger partial charge < -0.3 is 10.6 Å². The summed E-state index contributed by atoms with van der Waals surface area (Å²) in [6, 6.07) is 1.20. The molecule has 138 valence electrons. The summed E-state index contributed by atoms with van der Waals surface area (Å²) in [5.74, 6) is 1.47. The number of carbonyl (C=O) groups is 1. The van der Waals surface area contributed by atoms with E-state index in [-0.39, 0.29) is 5.91 Å². The lowest BCUT2D eigenvalue weighted by Gasteiger charge is -2.55. The first-order valence-corrected chi connectivity index (χ1v) is 10.8. The van der Waals surface area contributed by atoms with Crippen LogP contribution in [0.25, 0.3) is 0 Å². The highest BCUT2D eigenvalue weighted by Crippen LogP contribution is 2.38. The first-order chi connectivity index (χ1) is 12.3. The zero-order chi connectivity index (χ0) is 17.2. The number of aromatic nitrogens is 1. The van der Waals surface area contributed by atoms with E-state index in [0.717, 1.165) is 42.9 Å². The van der Waals surface area contributed by atoms with Gasteiger partial charge in [0.25, 0.3) is 5.91 Å². The molecule has 3 saturated heterocycles. The molecule has 3 aliphatic rings. The van der Waals surface area contributed by atoms with Crippen LogP contribution in [0, 0.1) is 11.8 Å². The number of rotatable bonds is 5. The van der Waals surface area contributed by atoms with E-state index in [1.165, 1.54) is 38.8 Å². The highest BCUT2D eigenvalue weighted by atomic mass is 32.1. The Balaban J connectivity index is 1.40. The van der Waals surface area contributed by atoms with Gasteiger partial charge in [-0.1, -0.05) is 13.3 Å². The molecule has 0 aromatic carbocycles. The summed E-state index contributed by atoms with van der Waals surface area (Å²) in [6.45, 7) is 6.38. The second-order valence-corrected chi connectivity index (χ2v) is 8.81. The maximum atomic E-state index is 12.5. The number of carbonyl (C=O) groups excluding carboxylic acids is 1. The second-order valence-electron chi connectivity index (χ2n) is 7.87. The second kappa shape index (κ2) is 7.72. The van der Waals surface area contributed by atoms with Crippen LogP contribution < -0.4 is 10.6 Å². The minimum absolute atomic E-state index is 0.00180. The van der Waals surface area contributed by atoms with Gasteiger partial charge in [-0.3, -0.25) is 9.69 Å². The molecule has 0 unspecified atom stereocenters. The number of fused-ring (bicyclic) bond motifs is 4. The third-order valence-electron chi connectivity index (χ3n) is 6.25. The normalized spacial score (nSPS) is 32.2. The molecule has 1 aromatic heterocycles. The van der Waals surface area contributed by atoms with Crippen LogP contribution in [0.15, 0.2) is 5.38 Å². The van der Waals surface area contributed by atoms with E-state index < -0.39 is 0 Å². The van der Waals surface area contributed by atoms with Crippen LogP contribution in [0.4, 0.5) is 0 Å². The van der Waals surface area contributed by atoms with Crippen LogP contribution in [0.5, 0.6) is 0 Å². The summed E-state index contributed by atoms with van der Waals surface area (Å²) < 4.78 is 0. The quantitative estimate of drug-likeness (QED) is 0.844. The number of thiazole rings is 1. The number of piperidine rings is 3. The fourth-order valence-electron chi connectivity index (χ4n) is 5.08. The van der Waals surface area contributed by atoms with Crippen LogP contribution in [-0.4, -0.2) is 54.1 Å². The van der Waals surface area contributed by atoms with Crippen molar-refractivity contribution < 1.29 is 4.79 Å². The molecule has 0 aliphatic carbocycles. The number of aryl methyl sites for hydroxylation is 1. The maximum Gasteiger partial charge on any atom is 0.270 e. The number of nitrogens with zero attached hydrogens (tertiary/aromatic N) is 2. The number of hydrogen-bond donors (Lipinski definition) is 2. The average Bonchev–Trinajstić information content (AvgIpc) is 3.11. The first-order valence-electron chi connectivity index (χ1n) is 9.95. The van der Waals surface area contributed by atoms with E-state index in [4.69, 9.17) is 0 Å². The van der Waals surface area contributed by atoms with Crippen LogP contribution in [0.3, 0.4) is 0 Å². The molecule has 0 saturated carbocycles. The minimum Gasteiger partial charge on any atom is -0.349 e. The van der Waals surface area contributed by atoms with Crippen LogP contribution in [-0.2, 0) is 6.42 Å². The average molecular weight is 363 g/mol. The lowest BCUT2D eigenvalue weighted by Crippen LogP contribution is -2.65. The number of hydrogen-bond acceptors (Lipinski definition) is 5. The molecule has 3 aliphatic heterocycles. The molecule has 1 aromatic rings. The molecule has 4 rings (SSSR count). The molecule has 2 N–H and O–H groups in total. The van der Waals surface area contributed by atoms with Crippen molar-refractivity contribution in [2.45, 2.75) is 57.5 Å². The van der Waals surface area contributed by atoms with Gasteiger partial charge in [-0.05, 0) is 63.6 Å². The highest BCUT2D eigenvalue weighted by molar-refractivity contribution is 7.09. The Kier molecular flexibility index (Phi) is 5.39. The van der Waals surface area contributed by atoms with E-state index in [0.29, 0.717) is 17.7 Å². The van der Waals surface area contributed by atoms with Gasteiger partial charge in [-0.2, -0.15) is 0 Å². The molecular weight excluding hydrogens is 332 g/mol. The van der Waals surface area contributed by atoms with E-state index in [2.05, 4.69) is 27.4 Å². The molecule has 6 heteroatoms. The SMILES string of the molecule is CCCc1nc(C(=O)NC[C@H]2[C@@H]3CNC[C@@H](C3)[C@@H]3CCCCN32)cs1. The molecule has 0 spiro atoms. The van der Waals surface area contributed by atoms with Crippen molar-refractivity contribution in [3.05, 3.63) is 16.1 Å². The van der Waals surface area contributed by atoms with Crippen molar-refractivity contribution in [1.82, 2.24) is 20.5 Å². The van der Waals surface area contributed by atoms with Gasteiger partial charge in [0.15, 0.2) is 0 Å².